The Balaban J connectivity index is 1.91. The first-order valence-electron chi connectivity index (χ1n) is 8.13. The Bertz CT molecular complexity index is 699. The van der Waals surface area contributed by atoms with Gasteiger partial charge in [-0.1, -0.05) is 24.3 Å². The molecule has 1 fully saturated rings. The van der Waals surface area contributed by atoms with E-state index in [1.54, 1.807) is 0 Å². The van der Waals surface area contributed by atoms with Crippen LogP contribution in [0.1, 0.15) is 30.4 Å². The predicted molar refractivity (Wildman–Crippen MR) is 102 cm³/mol. The summed E-state index contributed by atoms with van der Waals surface area (Å²) in [7, 11) is 4.06. The second-order valence-electron chi connectivity index (χ2n) is 6.65. The molecule has 2 heterocycles. The number of anilines is 2. The van der Waals surface area contributed by atoms with E-state index in [2.05, 4.69) is 70.0 Å². The number of aromatic nitrogens is 1. The number of pyridine rings is 1. The highest BCUT2D eigenvalue weighted by Gasteiger charge is 2.32. The van der Waals surface area contributed by atoms with Gasteiger partial charge in [0.05, 0.1) is 10.2 Å². The Hall–Kier alpha value is -1.55. The van der Waals surface area contributed by atoms with Crippen molar-refractivity contribution in [2.24, 2.45) is 0 Å². The normalized spacial score (nSPS) is 20.8. The van der Waals surface area contributed by atoms with Crippen molar-refractivity contribution in [1.82, 2.24) is 4.98 Å². The van der Waals surface area contributed by atoms with Gasteiger partial charge >= 0.3 is 0 Å². The quantitative estimate of drug-likeness (QED) is 0.783. The highest BCUT2D eigenvalue weighted by Crippen LogP contribution is 2.40. The molecular formula is C19H24BrN3. The minimum Gasteiger partial charge on any atom is -0.367 e. The van der Waals surface area contributed by atoms with Gasteiger partial charge in [0.2, 0.25) is 0 Å². The molecule has 4 heteroatoms. The largest absolute Gasteiger partial charge is 0.367 e. The summed E-state index contributed by atoms with van der Waals surface area (Å²) in [5.74, 6) is 1.57. The fourth-order valence-corrected chi connectivity index (χ4v) is 4.41. The number of rotatable bonds is 3. The summed E-state index contributed by atoms with van der Waals surface area (Å²) >= 11 is 3.76. The first-order valence-corrected chi connectivity index (χ1v) is 8.92. The molecule has 3 rings (SSSR count). The molecule has 2 aromatic rings. The predicted octanol–water partition coefficient (Wildman–Crippen LogP) is 4.60. The molecule has 0 radical (unpaired) electrons. The molecule has 122 valence electrons. The molecule has 1 aliphatic heterocycles. The maximum absolute atomic E-state index is 4.48. The maximum atomic E-state index is 4.48. The number of benzene rings is 1. The second kappa shape index (κ2) is 6.52. The Morgan fingerprint density at radius 1 is 1.22 bits per heavy atom. The average molecular weight is 374 g/mol. The van der Waals surface area contributed by atoms with Crippen molar-refractivity contribution in [3.05, 3.63) is 52.1 Å². The Morgan fingerprint density at radius 2 is 1.96 bits per heavy atom. The van der Waals surface area contributed by atoms with Crippen LogP contribution in [0.5, 0.6) is 0 Å². The monoisotopic (exact) mass is 373 g/mol. The molecule has 0 N–H and O–H groups in total. The molecule has 1 saturated heterocycles. The number of hydrogen-bond acceptors (Lipinski definition) is 3. The van der Waals surface area contributed by atoms with Crippen LogP contribution in [0.15, 0.2) is 41.0 Å². The van der Waals surface area contributed by atoms with Crippen LogP contribution in [-0.4, -0.2) is 31.7 Å². The molecule has 0 spiro atoms. The molecule has 23 heavy (non-hydrogen) atoms. The number of nitrogens with zero attached hydrogens (tertiary/aromatic N) is 3. The van der Waals surface area contributed by atoms with E-state index in [1.165, 1.54) is 23.2 Å². The Kier molecular flexibility index (Phi) is 4.62. The summed E-state index contributed by atoms with van der Waals surface area (Å²) in [6.07, 6.45) is 3.10. The molecule has 0 amide bonds. The summed E-state index contributed by atoms with van der Waals surface area (Å²) in [5.41, 5.74) is 4.13. The van der Waals surface area contributed by atoms with Gasteiger partial charge in [0.15, 0.2) is 0 Å². The van der Waals surface area contributed by atoms with E-state index < -0.39 is 0 Å². The minimum atomic E-state index is 0.522. The van der Waals surface area contributed by atoms with Crippen LogP contribution >= 0.6 is 15.9 Å². The van der Waals surface area contributed by atoms with E-state index in [9.17, 15) is 0 Å². The zero-order chi connectivity index (χ0) is 16.6. The van der Waals surface area contributed by atoms with Crippen molar-refractivity contribution in [1.29, 1.82) is 0 Å². The van der Waals surface area contributed by atoms with E-state index in [0.717, 1.165) is 16.8 Å². The fraction of sp³-hybridized carbons (Fsp3) is 0.421. The van der Waals surface area contributed by atoms with Gasteiger partial charge in [0.25, 0.3) is 0 Å². The van der Waals surface area contributed by atoms with Gasteiger partial charge in [-0.2, -0.15) is 0 Å². The minimum absolute atomic E-state index is 0.522. The topological polar surface area (TPSA) is 19.4 Å². The molecule has 0 aliphatic carbocycles. The molecule has 1 aliphatic rings. The Labute approximate surface area is 147 Å². The number of aryl methyl sites for hydroxylation is 1. The van der Waals surface area contributed by atoms with Crippen molar-refractivity contribution >= 4 is 27.4 Å². The van der Waals surface area contributed by atoms with E-state index in [4.69, 9.17) is 0 Å². The van der Waals surface area contributed by atoms with E-state index >= 15 is 0 Å². The van der Waals surface area contributed by atoms with E-state index in [1.807, 2.05) is 25.2 Å². The third-order valence-electron chi connectivity index (χ3n) is 4.79. The second-order valence-corrected chi connectivity index (χ2v) is 7.45. The van der Waals surface area contributed by atoms with Crippen LogP contribution in [0.25, 0.3) is 0 Å². The van der Waals surface area contributed by atoms with Gasteiger partial charge in [-0.15, -0.1) is 0 Å². The van der Waals surface area contributed by atoms with Crippen molar-refractivity contribution in [2.75, 3.05) is 30.4 Å². The van der Waals surface area contributed by atoms with Gasteiger partial charge in [0, 0.05) is 38.8 Å². The summed E-state index contributed by atoms with van der Waals surface area (Å²) in [5, 5.41) is 0. The molecule has 0 bridgehead atoms. The van der Waals surface area contributed by atoms with Crippen LogP contribution in [0, 0.1) is 6.92 Å². The van der Waals surface area contributed by atoms with Crippen LogP contribution in [0.2, 0.25) is 0 Å². The lowest BCUT2D eigenvalue weighted by atomic mass is 9.93. The smallest absolute Gasteiger partial charge is 0.144 e. The highest BCUT2D eigenvalue weighted by atomic mass is 79.9. The first-order chi connectivity index (χ1) is 11.0. The third-order valence-corrected chi connectivity index (χ3v) is 5.55. The lowest BCUT2D eigenvalue weighted by Crippen LogP contribution is -2.27. The Morgan fingerprint density at radius 3 is 2.65 bits per heavy atom. The fourth-order valence-electron chi connectivity index (χ4n) is 3.59. The van der Waals surface area contributed by atoms with Gasteiger partial charge in [-0.3, -0.25) is 0 Å². The van der Waals surface area contributed by atoms with E-state index in [0.29, 0.717) is 12.0 Å². The van der Waals surface area contributed by atoms with Crippen LogP contribution in [-0.2, 0) is 0 Å². The van der Waals surface area contributed by atoms with Crippen LogP contribution in [0.3, 0.4) is 0 Å². The summed E-state index contributed by atoms with van der Waals surface area (Å²) in [6, 6.07) is 11.4. The summed E-state index contributed by atoms with van der Waals surface area (Å²) < 4.78 is 1.09. The standard InChI is InChI=1S/C19H24BrN3/c1-13-7-5-6-8-16(13)15-11-14(2)23(12-15)17-9-10-21-19(18(17)20)22(3)4/h5-10,14-15H,11-12H2,1-4H3. The number of hydrogen-bond donors (Lipinski definition) is 0. The number of halogens is 1. The summed E-state index contributed by atoms with van der Waals surface area (Å²) in [4.78, 5) is 9.04. The van der Waals surface area contributed by atoms with Crippen molar-refractivity contribution in [3.8, 4) is 0 Å². The third kappa shape index (κ3) is 3.09. The lowest BCUT2D eigenvalue weighted by Gasteiger charge is -2.27. The zero-order valence-electron chi connectivity index (χ0n) is 14.3. The van der Waals surface area contributed by atoms with Crippen molar-refractivity contribution in [3.63, 3.8) is 0 Å². The average Bonchev–Trinajstić information content (AvgIpc) is 2.89. The summed E-state index contributed by atoms with van der Waals surface area (Å²) in [6.45, 7) is 5.59. The van der Waals surface area contributed by atoms with Gasteiger partial charge in [-0.05, 0) is 53.4 Å². The van der Waals surface area contributed by atoms with Crippen molar-refractivity contribution < 1.29 is 0 Å². The highest BCUT2D eigenvalue weighted by molar-refractivity contribution is 9.10. The maximum Gasteiger partial charge on any atom is 0.144 e. The van der Waals surface area contributed by atoms with Gasteiger partial charge in [0.1, 0.15) is 5.82 Å². The zero-order valence-corrected chi connectivity index (χ0v) is 15.8. The van der Waals surface area contributed by atoms with Crippen LogP contribution in [0.4, 0.5) is 11.5 Å². The SMILES string of the molecule is Cc1ccccc1C1CC(C)N(c2ccnc(N(C)C)c2Br)C1. The van der Waals surface area contributed by atoms with Crippen LogP contribution < -0.4 is 9.80 Å². The molecule has 2 unspecified atom stereocenters. The molecule has 1 aromatic heterocycles. The van der Waals surface area contributed by atoms with Crippen molar-refractivity contribution in [2.45, 2.75) is 32.2 Å². The molecule has 3 nitrogen and oxygen atoms in total. The lowest BCUT2D eigenvalue weighted by molar-refractivity contribution is 0.696. The molecule has 1 aromatic carbocycles. The molecular weight excluding hydrogens is 350 g/mol. The molecule has 0 saturated carbocycles. The van der Waals surface area contributed by atoms with E-state index in [-0.39, 0.29) is 0 Å². The molecule has 2 atom stereocenters. The van der Waals surface area contributed by atoms with Gasteiger partial charge < -0.3 is 9.80 Å². The first kappa shape index (κ1) is 16.3. The van der Waals surface area contributed by atoms with Gasteiger partial charge in [-0.25, -0.2) is 4.98 Å².